The van der Waals surface area contributed by atoms with Gasteiger partial charge in [0.1, 0.15) is 12.6 Å². The molecule has 0 radical (unpaired) electrons. The van der Waals surface area contributed by atoms with Crippen molar-refractivity contribution in [1.82, 2.24) is 10.2 Å². The van der Waals surface area contributed by atoms with E-state index in [1.807, 2.05) is 38.1 Å². The number of benzene rings is 3. The maximum atomic E-state index is 13.7. The summed E-state index contributed by atoms with van der Waals surface area (Å²) in [6.45, 7) is 5.09. The largest absolute Gasteiger partial charge is 0.357 e. The highest BCUT2D eigenvalue weighted by molar-refractivity contribution is 7.92. The van der Waals surface area contributed by atoms with Crippen molar-refractivity contribution in [2.45, 2.75) is 38.3 Å². The van der Waals surface area contributed by atoms with Crippen molar-refractivity contribution < 1.29 is 18.0 Å². The molecule has 0 bridgehead atoms. The van der Waals surface area contributed by atoms with Gasteiger partial charge < -0.3 is 10.2 Å². The Balaban J connectivity index is 2.01. The van der Waals surface area contributed by atoms with Crippen LogP contribution in [0.2, 0.25) is 5.02 Å². The topological polar surface area (TPSA) is 86.8 Å². The quantitative estimate of drug-likeness (QED) is 0.449. The van der Waals surface area contributed by atoms with Gasteiger partial charge in [0.2, 0.25) is 11.8 Å². The molecule has 1 N–H and O–H groups in total. The minimum atomic E-state index is -4.10. The van der Waals surface area contributed by atoms with Crippen LogP contribution in [0.25, 0.3) is 0 Å². The molecule has 0 aliphatic rings. The fourth-order valence-electron chi connectivity index (χ4n) is 3.66. The third-order valence-electron chi connectivity index (χ3n) is 5.89. The number of rotatable bonds is 9. The van der Waals surface area contributed by atoms with E-state index in [0.29, 0.717) is 5.02 Å². The predicted molar refractivity (Wildman–Crippen MR) is 142 cm³/mol. The van der Waals surface area contributed by atoms with Gasteiger partial charge in [-0.2, -0.15) is 0 Å². The van der Waals surface area contributed by atoms with E-state index < -0.39 is 28.5 Å². The first-order chi connectivity index (χ1) is 17.0. The zero-order chi connectivity index (χ0) is 26.5. The van der Waals surface area contributed by atoms with Crippen LogP contribution in [0.4, 0.5) is 5.69 Å². The molecular weight excluding hydrogens is 498 g/mol. The van der Waals surface area contributed by atoms with Crippen molar-refractivity contribution >= 4 is 39.1 Å². The molecule has 3 aromatic carbocycles. The minimum Gasteiger partial charge on any atom is -0.357 e. The van der Waals surface area contributed by atoms with Crippen LogP contribution >= 0.6 is 11.6 Å². The van der Waals surface area contributed by atoms with E-state index in [9.17, 15) is 18.0 Å². The number of carbonyl (C=O) groups excluding carboxylic acids is 2. The number of hydrogen-bond acceptors (Lipinski definition) is 4. The van der Waals surface area contributed by atoms with E-state index in [4.69, 9.17) is 11.6 Å². The molecule has 1 unspecified atom stereocenters. The monoisotopic (exact) mass is 527 g/mol. The number of nitrogens with one attached hydrogen (secondary N) is 1. The van der Waals surface area contributed by atoms with Crippen LogP contribution in [0.3, 0.4) is 0 Å². The Bertz CT molecular complexity index is 1310. The molecule has 0 heterocycles. The lowest BCUT2D eigenvalue weighted by molar-refractivity contribution is -0.139. The summed E-state index contributed by atoms with van der Waals surface area (Å²) in [6, 6.07) is 19.4. The lowest BCUT2D eigenvalue weighted by atomic mass is 10.1. The van der Waals surface area contributed by atoms with Gasteiger partial charge in [-0.15, -0.1) is 0 Å². The van der Waals surface area contributed by atoms with E-state index in [2.05, 4.69) is 5.32 Å². The van der Waals surface area contributed by atoms with Crippen molar-refractivity contribution in [3.63, 3.8) is 0 Å². The average molecular weight is 528 g/mol. The first-order valence-corrected chi connectivity index (χ1v) is 13.3. The maximum Gasteiger partial charge on any atom is 0.264 e. The van der Waals surface area contributed by atoms with Crippen molar-refractivity contribution in [3.8, 4) is 0 Å². The molecule has 7 nitrogen and oxygen atoms in total. The number of amides is 2. The number of sulfonamides is 1. The van der Waals surface area contributed by atoms with E-state index in [1.54, 1.807) is 43.3 Å². The molecule has 3 rings (SSSR count). The third-order valence-corrected chi connectivity index (χ3v) is 7.93. The van der Waals surface area contributed by atoms with Gasteiger partial charge >= 0.3 is 0 Å². The third kappa shape index (κ3) is 6.44. The molecule has 0 aliphatic heterocycles. The average Bonchev–Trinajstić information content (AvgIpc) is 2.86. The number of hydrogen-bond donors (Lipinski definition) is 1. The lowest BCUT2D eigenvalue weighted by Gasteiger charge is -2.31. The zero-order valence-electron chi connectivity index (χ0n) is 20.7. The van der Waals surface area contributed by atoms with Gasteiger partial charge in [0, 0.05) is 18.6 Å². The SMILES string of the molecule is CNC(=O)C(C)N(Cc1ccc(C)cc1)C(=O)CN(c1ccc(Cl)cc1)S(=O)(=O)c1ccc(C)cc1. The summed E-state index contributed by atoms with van der Waals surface area (Å²) in [4.78, 5) is 27.6. The second-order valence-corrected chi connectivity index (χ2v) is 10.9. The molecule has 0 saturated heterocycles. The van der Waals surface area contributed by atoms with Crippen molar-refractivity contribution in [2.75, 3.05) is 17.9 Å². The molecular formula is C27H30ClN3O4S. The summed E-state index contributed by atoms with van der Waals surface area (Å²) in [6.07, 6.45) is 0. The van der Waals surface area contributed by atoms with E-state index in [0.717, 1.165) is 21.0 Å². The minimum absolute atomic E-state index is 0.0558. The first-order valence-electron chi connectivity index (χ1n) is 11.4. The number of nitrogens with zero attached hydrogens (tertiary/aromatic N) is 2. The summed E-state index contributed by atoms with van der Waals surface area (Å²) >= 11 is 6.03. The van der Waals surface area contributed by atoms with Gasteiger partial charge in [-0.05, 0) is 62.7 Å². The summed E-state index contributed by atoms with van der Waals surface area (Å²) in [5.74, 6) is -0.868. The van der Waals surface area contributed by atoms with Gasteiger partial charge in [-0.1, -0.05) is 59.1 Å². The molecule has 0 fully saturated rings. The molecule has 9 heteroatoms. The van der Waals surface area contributed by atoms with Crippen LogP contribution in [-0.4, -0.2) is 44.8 Å². The summed E-state index contributed by atoms with van der Waals surface area (Å²) in [7, 11) is -2.60. The van der Waals surface area contributed by atoms with Crippen LogP contribution in [0.1, 0.15) is 23.6 Å². The van der Waals surface area contributed by atoms with Gasteiger partial charge in [0.15, 0.2) is 0 Å². The molecule has 3 aromatic rings. The highest BCUT2D eigenvalue weighted by Gasteiger charge is 2.32. The molecule has 2 amide bonds. The van der Waals surface area contributed by atoms with Crippen molar-refractivity contribution in [3.05, 3.63) is 94.5 Å². The number of anilines is 1. The summed E-state index contributed by atoms with van der Waals surface area (Å²) < 4.78 is 28.4. The predicted octanol–water partition coefficient (Wildman–Crippen LogP) is 4.32. The van der Waals surface area contributed by atoms with Gasteiger partial charge in [0.05, 0.1) is 10.6 Å². The molecule has 190 valence electrons. The Morgan fingerprint density at radius 2 is 1.42 bits per heavy atom. The maximum absolute atomic E-state index is 13.7. The molecule has 0 aliphatic carbocycles. The van der Waals surface area contributed by atoms with E-state index in [-0.39, 0.29) is 23.0 Å². The fraction of sp³-hybridized carbons (Fsp3) is 0.259. The fourth-order valence-corrected chi connectivity index (χ4v) is 5.20. The summed E-state index contributed by atoms with van der Waals surface area (Å²) in [5.41, 5.74) is 3.08. The standard InChI is InChI=1S/C27H30ClN3O4S/c1-19-5-9-22(10-6-19)17-30(21(3)27(33)29-4)26(32)18-31(24-13-11-23(28)12-14-24)36(34,35)25-15-7-20(2)8-16-25/h5-16,21H,17-18H2,1-4H3,(H,29,33). The van der Waals surface area contributed by atoms with Gasteiger partial charge in [0.25, 0.3) is 10.0 Å². The second kappa shape index (κ2) is 11.6. The molecule has 1 atom stereocenters. The Morgan fingerprint density at radius 3 is 1.94 bits per heavy atom. The van der Waals surface area contributed by atoms with E-state index in [1.165, 1.54) is 24.1 Å². The number of aryl methyl sites for hydroxylation is 2. The smallest absolute Gasteiger partial charge is 0.264 e. The van der Waals surface area contributed by atoms with Crippen molar-refractivity contribution in [2.24, 2.45) is 0 Å². The van der Waals surface area contributed by atoms with Gasteiger partial charge in [-0.25, -0.2) is 8.42 Å². The Labute approximate surface area is 217 Å². The Kier molecular flexibility index (Phi) is 8.76. The lowest BCUT2D eigenvalue weighted by Crippen LogP contribution is -2.50. The van der Waals surface area contributed by atoms with Crippen LogP contribution < -0.4 is 9.62 Å². The molecule has 36 heavy (non-hydrogen) atoms. The zero-order valence-corrected chi connectivity index (χ0v) is 22.3. The highest BCUT2D eigenvalue weighted by atomic mass is 35.5. The first kappa shape index (κ1) is 27.2. The second-order valence-electron chi connectivity index (χ2n) is 8.60. The number of halogens is 1. The van der Waals surface area contributed by atoms with Crippen molar-refractivity contribution in [1.29, 1.82) is 0 Å². The highest BCUT2D eigenvalue weighted by Crippen LogP contribution is 2.26. The van der Waals surface area contributed by atoms with Crippen LogP contribution in [0.5, 0.6) is 0 Å². The Hall–Kier alpha value is -3.36. The van der Waals surface area contributed by atoms with Gasteiger partial charge in [-0.3, -0.25) is 13.9 Å². The van der Waals surface area contributed by atoms with Crippen LogP contribution in [-0.2, 0) is 26.2 Å². The molecule has 0 spiro atoms. The van der Waals surface area contributed by atoms with E-state index >= 15 is 0 Å². The normalized spacial score (nSPS) is 12.0. The Morgan fingerprint density at radius 1 is 0.889 bits per heavy atom. The molecule has 0 saturated carbocycles. The number of likely N-dealkylation sites (N-methyl/N-ethyl adjacent to an activating group) is 1. The van der Waals surface area contributed by atoms with Crippen LogP contribution in [0, 0.1) is 13.8 Å². The van der Waals surface area contributed by atoms with Crippen LogP contribution in [0.15, 0.2) is 77.7 Å². The number of carbonyl (C=O) groups is 2. The molecule has 0 aromatic heterocycles. The summed E-state index contributed by atoms with van der Waals surface area (Å²) in [5, 5.41) is 3.01.